The first-order valence-corrected chi connectivity index (χ1v) is 13.3. The minimum Gasteiger partial charge on any atom is -0.393 e. The predicted molar refractivity (Wildman–Crippen MR) is 145 cm³/mol. The lowest BCUT2D eigenvalue weighted by Gasteiger charge is -2.33. The standard InChI is InChI=1S/C28H32F2N8O/c1-16-32-27-21(29)10-18(11-24(27)38(16)19-12-20(39)13-19)26-22(30)14-31-28(35-26)34-25-5-4-17-15-37(9-8-36(2)3)7-6-23(17)33-25/h4-5,10-11,14,19-20,39H,6-9,12-13,15H2,1-3H3,(H,31,33,34,35). The zero-order chi connectivity index (χ0) is 27.3. The van der Waals surface area contributed by atoms with Crippen LogP contribution >= 0.6 is 0 Å². The number of nitrogens with one attached hydrogen (secondary N) is 1. The second-order valence-corrected chi connectivity index (χ2v) is 10.8. The number of aliphatic hydroxyl groups is 1. The number of likely N-dealkylation sites (N-methyl/N-ethyl adjacent to an activating group) is 1. The van der Waals surface area contributed by atoms with Crippen molar-refractivity contribution in [1.29, 1.82) is 0 Å². The van der Waals surface area contributed by atoms with Gasteiger partial charge >= 0.3 is 0 Å². The maximum atomic E-state index is 15.1. The number of nitrogens with zero attached hydrogens (tertiary/aromatic N) is 7. The number of fused-ring (bicyclic) bond motifs is 2. The molecular weight excluding hydrogens is 502 g/mol. The largest absolute Gasteiger partial charge is 0.393 e. The van der Waals surface area contributed by atoms with Crippen molar-refractivity contribution < 1.29 is 13.9 Å². The summed E-state index contributed by atoms with van der Waals surface area (Å²) in [6.07, 6.45) is 2.72. The van der Waals surface area contributed by atoms with Gasteiger partial charge in [-0.25, -0.2) is 28.7 Å². The van der Waals surface area contributed by atoms with Crippen LogP contribution in [0.1, 0.15) is 36.0 Å². The van der Waals surface area contributed by atoms with Gasteiger partial charge < -0.3 is 19.9 Å². The molecular formula is C28H32F2N8O. The van der Waals surface area contributed by atoms with E-state index >= 15 is 4.39 Å². The number of aryl methyl sites for hydroxylation is 1. The van der Waals surface area contributed by atoms with Crippen LogP contribution in [0.25, 0.3) is 22.3 Å². The van der Waals surface area contributed by atoms with Crippen molar-refractivity contribution in [3.05, 3.63) is 59.2 Å². The highest BCUT2D eigenvalue weighted by Crippen LogP contribution is 2.37. The molecule has 1 saturated carbocycles. The van der Waals surface area contributed by atoms with Gasteiger partial charge in [-0.15, -0.1) is 0 Å². The molecule has 1 fully saturated rings. The Hall–Kier alpha value is -3.54. The molecule has 2 N–H and O–H groups in total. The molecule has 4 aromatic rings. The molecule has 0 bridgehead atoms. The van der Waals surface area contributed by atoms with Crippen molar-refractivity contribution in [2.45, 2.75) is 44.9 Å². The summed E-state index contributed by atoms with van der Waals surface area (Å²) in [4.78, 5) is 22.2. The van der Waals surface area contributed by atoms with Gasteiger partial charge in [-0.1, -0.05) is 6.07 Å². The summed E-state index contributed by atoms with van der Waals surface area (Å²) < 4.78 is 32.0. The summed E-state index contributed by atoms with van der Waals surface area (Å²) in [5.41, 5.74) is 3.29. The van der Waals surface area contributed by atoms with Crippen molar-refractivity contribution in [3.63, 3.8) is 0 Å². The molecule has 1 aliphatic heterocycles. The highest BCUT2D eigenvalue weighted by atomic mass is 19.1. The topological polar surface area (TPSA) is 95.2 Å². The molecule has 11 heteroatoms. The molecule has 0 radical (unpaired) electrons. The van der Waals surface area contributed by atoms with E-state index in [9.17, 15) is 9.50 Å². The highest BCUT2D eigenvalue weighted by molar-refractivity contribution is 5.83. The second-order valence-electron chi connectivity index (χ2n) is 10.8. The van der Waals surface area contributed by atoms with Crippen LogP contribution in [0.4, 0.5) is 20.5 Å². The average molecular weight is 535 g/mol. The molecule has 204 valence electrons. The number of hydrogen-bond acceptors (Lipinski definition) is 8. The quantitative estimate of drug-likeness (QED) is 0.370. The first kappa shape index (κ1) is 25.7. The molecule has 1 aromatic carbocycles. The van der Waals surface area contributed by atoms with Crippen molar-refractivity contribution in [1.82, 2.24) is 34.3 Å². The third-order valence-corrected chi connectivity index (χ3v) is 7.63. The molecule has 4 heterocycles. The van der Waals surface area contributed by atoms with Crippen molar-refractivity contribution in [3.8, 4) is 11.3 Å². The fraction of sp³-hybridized carbons (Fsp3) is 0.429. The minimum absolute atomic E-state index is 0.0122. The van der Waals surface area contributed by atoms with Crippen LogP contribution in [0.15, 0.2) is 30.5 Å². The Balaban J connectivity index is 1.26. The molecule has 2 aliphatic rings. The Labute approximate surface area is 225 Å². The molecule has 6 rings (SSSR count). The number of halogens is 2. The molecule has 0 unspecified atom stereocenters. The number of aromatic nitrogens is 5. The number of imidazole rings is 1. The van der Waals surface area contributed by atoms with Crippen molar-refractivity contribution >= 4 is 22.8 Å². The van der Waals surface area contributed by atoms with Gasteiger partial charge in [-0.3, -0.25) is 4.90 Å². The molecule has 9 nitrogen and oxygen atoms in total. The molecule has 0 saturated heterocycles. The molecule has 0 spiro atoms. The highest BCUT2D eigenvalue weighted by Gasteiger charge is 2.31. The summed E-state index contributed by atoms with van der Waals surface area (Å²) in [5, 5.41) is 12.9. The minimum atomic E-state index is -0.655. The van der Waals surface area contributed by atoms with Crippen LogP contribution in [-0.2, 0) is 13.0 Å². The van der Waals surface area contributed by atoms with E-state index in [2.05, 4.69) is 50.2 Å². The summed E-state index contributed by atoms with van der Waals surface area (Å²) in [6, 6.07) is 6.92. The molecule has 3 aromatic heterocycles. The first-order valence-electron chi connectivity index (χ1n) is 13.3. The lowest BCUT2D eigenvalue weighted by molar-refractivity contribution is 0.0494. The van der Waals surface area contributed by atoms with E-state index in [1.807, 2.05) is 17.6 Å². The smallest absolute Gasteiger partial charge is 0.229 e. The van der Waals surface area contributed by atoms with E-state index < -0.39 is 11.6 Å². The first-order chi connectivity index (χ1) is 18.7. The molecule has 1 aliphatic carbocycles. The van der Waals surface area contributed by atoms with E-state index in [0.29, 0.717) is 35.6 Å². The number of aliphatic hydroxyl groups excluding tert-OH is 1. The third kappa shape index (κ3) is 5.09. The van der Waals surface area contributed by atoms with Crippen LogP contribution in [-0.4, -0.2) is 79.2 Å². The fourth-order valence-electron chi connectivity index (χ4n) is 5.46. The van der Waals surface area contributed by atoms with Gasteiger partial charge in [0, 0.05) is 49.9 Å². The lowest BCUT2D eigenvalue weighted by Crippen LogP contribution is -2.36. The van der Waals surface area contributed by atoms with Crippen LogP contribution < -0.4 is 5.32 Å². The third-order valence-electron chi connectivity index (χ3n) is 7.63. The van der Waals surface area contributed by atoms with E-state index in [4.69, 9.17) is 4.98 Å². The van der Waals surface area contributed by atoms with Crippen LogP contribution in [0.2, 0.25) is 0 Å². The zero-order valence-corrected chi connectivity index (χ0v) is 22.3. The maximum Gasteiger partial charge on any atom is 0.229 e. The zero-order valence-electron chi connectivity index (χ0n) is 22.3. The SMILES string of the molecule is Cc1nc2c(F)cc(-c3nc(Nc4ccc5c(n4)CCN(CCN(C)C)C5)ncc3F)cc2n1C1CC(O)C1. The number of hydrogen-bond donors (Lipinski definition) is 2. The number of rotatable bonds is 7. The summed E-state index contributed by atoms with van der Waals surface area (Å²) >= 11 is 0. The number of anilines is 2. The van der Waals surface area contributed by atoms with E-state index in [-0.39, 0.29) is 29.3 Å². The van der Waals surface area contributed by atoms with Gasteiger partial charge in [0.05, 0.1) is 17.8 Å². The van der Waals surface area contributed by atoms with Crippen molar-refractivity contribution in [2.75, 3.05) is 39.0 Å². The Bertz CT molecular complexity index is 1530. The second kappa shape index (κ2) is 10.2. The maximum absolute atomic E-state index is 15.1. The van der Waals surface area contributed by atoms with E-state index in [0.717, 1.165) is 44.5 Å². The number of benzene rings is 1. The molecule has 39 heavy (non-hydrogen) atoms. The Morgan fingerprint density at radius 2 is 1.92 bits per heavy atom. The van der Waals surface area contributed by atoms with Crippen molar-refractivity contribution in [2.24, 2.45) is 0 Å². The van der Waals surface area contributed by atoms with E-state index in [1.165, 1.54) is 11.6 Å². The van der Waals surface area contributed by atoms with Crippen LogP contribution in [0.3, 0.4) is 0 Å². The normalized spacial score (nSPS) is 19.4. The summed E-state index contributed by atoms with van der Waals surface area (Å²) in [6.45, 7) is 5.63. The van der Waals surface area contributed by atoms with Gasteiger partial charge in [-0.05, 0) is 57.6 Å². The fourth-order valence-corrected chi connectivity index (χ4v) is 5.46. The lowest BCUT2D eigenvalue weighted by atomic mass is 9.89. The van der Waals surface area contributed by atoms with Crippen LogP contribution in [0, 0.1) is 18.6 Å². The Morgan fingerprint density at radius 1 is 1.10 bits per heavy atom. The van der Waals surface area contributed by atoms with Gasteiger partial charge in [0.2, 0.25) is 5.95 Å². The van der Waals surface area contributed by atoms with Gasteiger partial charge in [0.25, 0.3) is 0 Å². The molecule has 0 atom stereocenters. The predicted octanol–water partition coefficient (Wildman–Crippen LogP) is 3.83. The van der Waals surface area contributed by atoms with Gasteiger partial charge in [-0.2, -0.15) is 0 Å². The van der Waals surface area contributed by atoms with Gasteiger partial charge in [0.1, 0.15) is 22.9 Å². The number of pyridine rings is 1. The Kier molecular flexibility index (Phi) is 6.74. The molecule has 0 amide bonds. The van der Waals surface area contributed by atoms with Gasteiger partial charge in [0.15, 0.2) is 11.6 Å². The summed E-state index contributed by atoms with van der Waals surface area (Å²) in [5.74, 6) is 0.203. The van der Waals surface area contributed by atoms with E-state index in [1.54, 1.807) is 6.07 Å². The monoisotopic (exact) mass is 534 g/mol. The Morgan fingerprint density at radius 3 is 2.69 bits per heavy atom. The van der Waals surface area contributed by atoms with Crippen LogP contribution in [0.5, 0.6) is 0 Å². The summed E-state index contributed by atoms with van der Waals surface area (Å²) in [7, 11) is 4.15. The average Bonchev–Trinajstić information content (AvgIpc) is 3.22.